The van der Waals surface area contributed by atoms with Gasteiger partial charge in [-0.1, -0.05) is 46.2 Å². The van der Waals surface area contributed by atoms with Gasteiger partial charge >= 0.3 is 11.8 Å². The maximum atomic E-state index is 15.5. The van der Waals surface area contributed by atoms with Gasteiger partial charge < -0.3 is 24.1 Å². The molecule has 1 aliphatic heterocycles. The van der Waals surface area contributed by atoms with Crippen LogP contribution in [0.3, 0.4) is 0 Å². The van der Waals surface area contributed by atoms with E-state index in [1.54, 1.807) is 11.1 Å². The summed E-state index contributed by atoms with van der Waals surface area (Å²) in [5.41, 5.74) is -0.221. The van der Waals surface area contributed by atoms with Gasteiger partial charge in [0.2, 0.25) is 0 Å². The number of nitrogens with zero attached hydrogens (tertiary/aromatic N) is 6. The van der Waals surface area contributed by atoms with E-state index in [2.05, 4.69) is 38.8 Å². The third-order valence-corrected chi connectivity index (χ3v) is 15.5. The van der Waals surface area contributed by atoms with Crippen molar-refractivity contribution in [3.05, 3.63) is 68.9 Å². The van der Waals surface area contributed by atoms with Crippen LogP contribution in [0.25, 0.3) is 28.0 Å². The minimum Gasteiger partial charge on any atom is -0.504 e. The van der Waals surface area contributed by atoms with Crippen molar-refractivity contribution in [2.24, 2.45) is 0 Å². The van der Waals surface area contributed by atoms with Gasteiger partial charge in [-0.05, 0) is 101 Å². The molecule has 1 N–H and O–H groups in total. The Morgan fingerprint density at radius 1 is 1.04 bits per heavy atom. The highest BCUT2D eigenvalue weighted by atomic mass is 35.5. The number of phenols is 1. The molecule has 1 amide bonds. The molecule has 4 aromatic rings. The number of rotatable bonds is 9. The summed E-state index contributed by atoms with van der Waals surface area (Å²) >= 11 is 6.85. The SMILES string of the molecule is CC(C)c1nccc(CCCO[Si](C)(C)C(C)(C)C)c1-n1c(=O)nc(N2CC(C)N(C(=O)OC(C)(C)C)CC2C)c2cc(Cl)c(-c3c(F)ccc(F)c3O)nc21. The summed E-state index contributed by atoms with van der Waals surface area (Å²) in [6.07, 6.45) is 2.45. The molecule has 1 aromatic carbocycles. The summed E-state index contributed by atoms with van der Waals surface area (Å²) in [5.74, 6) is -2.86. The molecule has 1 fully saturated rings. The molecule has 0 bridgehead atoms. The molecule has 15 heteroatoms. The standard InChI is InChI=1S/C41H55ClF2N6O5Si/c1-23(2)32-34(26(17-18-45-32)14-13-19-54-56(11,12)41(8,9)10)50-37-27(20-28(42)33(46-37)31-29(43)15-16-30(44)35(31)51)36(47-38(50)52)48-21-25(4)49(22-24(48)3)39(53)55-40(5,6)7/h15-18,20,23-25,51H,13-14,19,21-22H2,1-12H3. The van der Waals surface area contributed by atoms with Gasteiger partial charge in [-0.25, -0.2) is 27.9 Å². The molecule has 2 atom stereocenters. The molecular formula is C41H55ClF2N6O5Si. The molecule has 1 saturated heterocycles. The van der Waals surface area contributed by atoms with Crippen LogP contribution in [-0.4, -0.2) is 81.3 Å². The molecule has 56 heavy (non-hydrogen) atoms. The number of halogens is 3. The van der Waals surface area contributed by atoms with E-state index < -0.39 is 48.6 Å². The number of phenolic OH excluding ortho intramolecular Hbond substituents is 1. The number of carbonyl (C=O) groups excluding carboxylic acids is 1. The van der Waals surface area contributed by atoms with E-state index in [1.165, 1.54) is 10.6 Å². The fraction of sp³-hybridized carbons (Fsp3) is 0.537. The van der Waals surface area contributed by atoms with Crippen LogP contribution in [0.1, 0.15) is 92.8 Å². The number of aromatic nitrogens is 4. The van der Waals surface area contributed by atoms with E-state index in [0.29, 0.717) is 36.2 Å². The molecule has 2 unspecified atom stereocenters. The number of anilines is 1. The number of hydrogen-bond acceptors (Lipinski definition) is 9. The van der Waals surface area contributed by atoms with Crippen LogP contribution in [0.4, 0.5) is 19.4 Å². The van der Waals surface area contributed by atoms with Crippen molar-refractivity contribution in [3.63, 3.8) is 0 Å². The van der Waals surface area contributed by atoms with Crippen LogP contribution in [0.5, 0.6) is 5.75 Å². The summed E-state index contributed by atoms with van der Waals surface area (Å²) in [4.78, 5) is 45.6. The zero-order chi connectivity index (χ0) is 41.7. The number of pyridine rings is 2. The molecule has 0 spiro atoms. The van der Waals surface area contributed by atoms with Gasteiger partial charge in [0.1, 0.15) is 17.2 Å². The number of aromatic hydroxyl groups is 1. The van der Waals surface area contributed by atoms with Crippen LogP contribution >= 0.6 is 11.6 Å². The van der Waals surface area contributed by atoms with Gasteiger partial charge in [-0.2, -0.15) is 4.98 Å². The highest BCUT2D eigenvalue weighted by Crippen LogP contribution is 2.41. The van der Waals surface area contributed by atoms with Crippen LogP contribution in [0.2, 0.25) is 23.2 Å². The summed E-state index contributed by atoms with van der Waals surface area (Å²) in [5, 5.41) is 11.0. The Kier molecular flexibility index (Phi) is 12.3. The molecule has 11 nitrogen and oxygen atoms in total. The predicted molar refractivity (Wildman–Crippen MR) is 220 cm³/mol. The van der Waals surface area contributed by atoms with E-state index in [4.69, 9.17) is 30.7 Å². The Balaban J connectivity index is 1.73. The zero-order valence-corrected chi connectivity index (χ0v) is 36.3. The Morgan fingerprint density at radius 2 is 1.70 bits per heavy atom. The summed E-state index contributed by atoms with van der Waals surface area (Å²) < 4.78 is 43.7. The Morgan fingerprint density at radius 3 is 2.32 bits per heavy atom. The largest absolute Gasteiger partial charge is 0.504 e. The minimum atomic E-state index is -2.02. The molecular weight excluding hydrogens is 758 g/mol. The summed E-state index contributed by atoms with van der Waals surface area (Å²) in [6, 6.07) is 4.38. The van der Waals surface area contributed by atoms with Crippen molar-refractivity contribution in [1.82, 2.24) is 24.4 Å². The van der Waals surface area contributed by atoms with Crippen LogP contribution < -0.4 is 10.6 Å². The maximum Gasteiger partial charge on any atom is 0.410 e. The van der Waals surface area contributed by atoms with Gasteiger partial charge in [0.05, 0.1) is 33.0 Å². The minimum absolute atomic E-state index is 0.0389. The second-order valence-corrected chi connectivity index (χ2v) is 22.8. The topological polar surface area (TPSA) is 123 Å². The number of carbonyl (C=O) groups is 1. The van der Waals surface area contributed by atoms with E-state index in [-0.39, 0.29) is 58.3 Å². The zero-order valence-electron chi connectivity index (χ0n) is 34.6. The Bertz CT molecular complexity index is 2190. The van der Waals surface area contributed by atoms with Gasteiger partial charge in [0, 0.05) is 38.0 Å². The lowest BCUT2D eigenvalue weighted by molar-refractivity contribution is 0.0130. The number of amides is 1. The molecule has 4 heterocycles. The van der Waals surface area contributed by atoms with Crippen molar-refractivity contribution >= 4 is 42.9 Å². The molecule has 0 saturated carbocycles. The molecule has 3 aromatic heterocycles. The lowest BCUT2D eigenvalue weighted by Crippen LogP contribution is -2.59. The summed E-state index contributed by atoms with van der Waals surface area (Å²) in [7, 11) is -2.02. The molecule has 1 aliphatic rings. The molecule has 304 valence electrons. The average molecular weight is 813 g/mol. The first-order chi connectivity index (χ1) is 25.9. The normalized spacial score (nSPS) is 16.9. The summed E-state index contributed by atoms with van der Waals surface area (Å²) in [6.45, 7) is 25.2. The number of hydrogen-bond donors (Lipinski definition) is 1. The van der Waals surface area contributed by atoms with Crippen LogP contribution in [0.15, 0.2) is 35.3 Å². The maximum absolute atomic E-state index is 15.5. The van der Waals surface area contributed by atoms with Gasteiger partial charge in [0.15, 0.2) is 25.5 Å². The first-order valence-corrected chi connectivity index (χ1v) is 22.4. The second kappa shape index (κ2) is 16.0. The number of ether oxygens (including phenoxy) is 1. The Hall–Kier alpha value is -4.14. The number of aryl methyl sites for hydroxylation is 1. The lowest BCUT2D eigenvalue weighted by Gasteiger charge is -2.44. The fourth-order valence-corrected chi connectivity index (χ4v) is 8.00. The van der Waals surface area contributed by atoms with Crippen molar-refractivity contribution < 1.29 is 27.8 Å². The molecule has 5 rings (SSSR count). The predicted octanol–water partition coefficient (Wildman–Crippen LogP) is 9.39. The van der Waals surface area contributed by atoms with Crippen LogP contribution in [-0.2, 0) is 15.6 Å². The van der Waals surface area contributed by atoms with E-state index in [9.17, 15) is 19.1 Å². The van der Waals surface area contributed by atoms with Crippen molar-refractivity contribution in [3.8, 4) is 22.7 Å². The highest BCUT2D eigenvalue weighted by Gasteiger charge is 2.38. The Labute approximate surface area is 334 Å². The third-order valence-electron chi connectivity index (χ3n) is 10.7. The van der Waals surface area contributed by atoms with E-state index in [0.717, 1.165) is 17.7 Å². The highest BCUT2D eigenvalue weighted by molar-refractivity contribution is 6.74. The van der Waals surface area contributed by atoms with Crippen molar-refractivity contribution in [1.29, 1.82) is 0 Å². The quantitative estimate of drug-likeness (QED) is 0.130. The van der Waals surface area contributed by atoms with E-state index in [1.807, 2.05) is 59.4 Å². The number of fused-ring (bicyclic) bond motifs is 1. The average Bonchev–Trinajstić information content (AvgIpc) is 3.08. The van der Waals surface area contributed by atoms with Crippen molar-refractivity contribution in [2.45, 2.75) is 124 Å². The fourth-order valence-electron chi connectivity index (χ4n) is 6.67. The number of benzene rings is 1. The number of piperazine rings is 1. The van der Waals surface area contributed by atoms with Gasteiger partial charge in [-0.3, -0.25) is 4.98 Å². The first kappa shape index (κ1) is 43.0. The van der Waals surface area contributed by atoms with Crippen LogP contribution in [0, 0.1) is 11.6 Å². The molecule has 0 aliphatic carbocycles. The molecule has 0 radical (unpaired) electrons. The second-order valence-electron chi connectivity index (χ2n) is 17.6. The third kappa shape index (κ3) is 8.72. The van der Waals surface area contributed by atoms with E-state index >= 15 is 4.39 Å². The smallest absolute Gasteiger partial charge is 0.410 e. The van der Waals surface area contributed by atoms with Gasteiger partial charge in [-0.15, -0.1) is 0 Å². The lowest BCUT2D eigenvalue weighted by atomic mass is 10.0. The van der Waals surface area contributed by atoms with Gasteiger partial charge in [0.25, 0.3) is 0 Å². The monoisotopic (exact) mass is 812 g/mol. The first-order valence-electron chi connectivity index (χ1n) is 19.1. The van der Waals surface area contributed by atoms with Crippen molar-refractivity contribution in [2.75, 3.05) is 24.6 Å².